The first-order valence-electron chi connectivity index (χ1n) is 8.66. The third-order valence-corrected chi connectivity index (χ3v) is 5.04. The van der Waals surface area contributed by atoms with E-state index in [2.05, 4.69) is 15.4 Å². The molecule has 140 valence electrons. The second-order valence-electron chi connectivity index (χ2n) is 6.41. The summed E-state index contributed by atoms with van der Waals surface area (Å²) in [5, 5.41) is 7.96. The van der Waals surface area contributed by atoms with Crippen molar-refractivity contribution in [2.45, 2.75) is 13.8 Å². The number of anilines is 1. The Bertz CT molecular complexity index is 1130. The van der Waals surface area contributed by atoms with Gasteiger partial charge in [-0.3, -0.25) is 10.1 Å². The molecule has 0 radical (unpaired) electrons. The highest BCUT2D eigenvalue weighted by Gasteiger charge is 2.19. The van der Waals surface area contributed by atoms with Gasteiger partial charge in [0.15, 0.2) is 5.13 Å². The number of nitrogens with one attached hydrogen (secondary N) is 1. The molecule has 0 aliphatic rings. The summed E-state index contributed by atoms with van der Waals surface area (Å²) in [6.45, 7) is 3.93. The average Bonchev–Trinajstić information content (AvgIpc) is 3.29. The number of rotatable bonds is 4. The summed E-state index contributed by atoms with van der Waals surface area (Å²) in [7, 11) is 0. The predicted molar refractivity (Wildman–Crippen MR) is 108 cm³/mol. The van der Waals surface area contributed by atoms with Gasteiger partial charge in [-0.25, -0.2) is 14.1 Å². The van der Waals surface area contributed by atoms with Crippen LogP contribution in [0.25, 0.3) is 16.9 Å². The first kappa shape index (κ1) is 18.1. The number of amides is 1. The van der Waals surface area contributed by atoms with E-state index in [0.29, 0.717) is 22.1 Å². The Morgan fingerprint density at radius 1 is 1.07 bits per heavy atom. The molecule has 0 atom stereocenters. The molecule has 0 aliphatic heterocycles. The van der Waals surface area contributed by atoms with Crippen LogP contribution in [-0.4, -0.2) is 20.7 Å². The molecular formula is C21H17FN4OS. The molecular weight excluding hydrogens is 375 g/mol. The van der Waals surface area contributed by atoms with E-state index >= 15 is 0 Å². The minimum atomic E-state index is -0.327. The Balaban J connectivity index is 1.76. The van der Waals surface area contributed by atoms with Crippen molar-refractivity contribution in [3.63, 3.8) is 0 Å². The topological polar surface area (TPSA) is 59.8 Å². The smallest absolute Gasteiger partial charge is 0.261 e. The third kappa shape index (κ3) is 3.70. The minimum Gasteiger partial charge on any atom is -0.298 e. The van der Waals surface area contributed by atoms with Crippen LogP contribution in [0.3, 0.4) is 0 Å². The van der Waals surface area contributed by atoms with E-state index in [-0.39, 0.29) is 11.7 Å². The number of aryl methyl sites for hydroxylation is 2. The standard InChI is InChI=1S/C21H17FN4OS/c1-13-3-5-15(6-4-13)19-18(20(27)24-21-23-11-14(2)28-21)12-26(25-19)17-9-7-16(22)8-10-17/h3-12H,1-2H3,(H,23,24,27). The molecule has 28 heavy (non-hydrogen) atoms. The lowest BCUT2D eigenvalue weighted by Gasteiger charge is -2.03. The van der Waals surface area contributed by atoms with E-state index in [9.17, 15) is 9.18 Å². The van der Waals surface area contributed by atoms with E-state index in [1.54, 1.807) is 29.2 Å². The lowest BCUT2D eigenvalue weighted by molar-refractivity contribution is 0.102. The second kappa shape index (κ2) is 7.36. The summed E-state index contributed by atoms with van der Waals surface area (Å²) >= 11 is 1.41. The van der Waals surface area contributed by atoms with Gasteiger partial charge in [-0.15, -0.1) is 11.3 Å². The number of halogens is 1. The van der Waals surface area contributed by atoms with Crippen molar-refractivity contribution in [3.05, 3.63) is 82.7 Å². The zero-order valence-corrected chi connectivity index (χ0v) is 16.1. The van der Waals surface area contributed by atoms with Gasteiger partial charge in [0.2, 0.25) is 0 Å². The van der Waals surface area contributed by atoms with Gasteiger partial charge >= 0.3 is 0 Å². The monoisotopic (exact) mass is 392 g/mol. The van der Waals surface area contributed by atoms with Crippen molar-refractivity contribution < 1.29 is 9.18 Å². The molecule has 0 fully saturated rings. The van der Waals surface area contributed by atoms with Crippen LogP contribution in [0.4, 0.5) is 9.52 Å². The summed E-state index contributed by atoms with van der Waals surface area (Å²) in [6.07, 6.45) is 3.36. The number of carbonyl (C=O) groups is 1. The van der Waals surface area contributed by atoms with Crippen LogP contribution in [0, 0.1) is 19.7 Å². The summed E-state index contributed by atoms with van der Waals surface area (Å²) in [5.74, 6) is -0.620. The predicted octanol–water partition coefficient (Wildman–Crippen LogP) is 5.00. The van der Waals surface area contributed by atoms with Crippen molar-refractivity contribution in [1.29, 1.82) is 0 Å². The van der Waals surface area contributed by atoms with Crippen molar-refractivity contribution in [1.82, 2.24) is 14.8 Å². The highest BCUT2D eigenvalue weighted by atomic mass is 32.1. The van der Waals surface area contributed by atoms with Crippen LogP contribution >= 0.6 is 11.3 Å². The second-order valence-corrected chi connectivity index (χ2v) is 7.64. The molecule has 2 heterocycles. The van der Waals surface area contributed by atoms with E-state index in [4.69, 9.17) is 0 Å². The number of hydrogen-bond donors (Lipinski definition) is 1. The number of benzene rings is 2. The van der Waals surface area contributed by atoms with Crippen LogP contribution in [0.5, 0.6) is 0 Å². The summed E-state index contributed by atoms with van der Waals surface area (Å²) in [4.78, 5) is 18.1. The molecule has 7 heteroatoms. The summed E-state index contributed by atoms with van der Waals surface area (Å²) in [6, 6.07) is 13.8. The Hall–Kier alpha value is -3.32. The lowest BCUT2D eigenvalue weighted by atomic mass is 10.1. The first-order valence-corrected chi connectivity index (χ1v) is 9.48. The first-order chi connectivity index (χ1) is 13.5. The summed E-state index contributed by atoms with van der Waals surface area (Å²) in [5.41, 5.74) is 3.58. The average molecular weight is 392 g/mol. The minimum absolute atomic E-state index is 0.293. The number of nitrogens with zero attached hydrogens (tertiary/aromatic N) is 3. The van der Waals surface area contributed by atoms with E-state index in [1.807, 2.05) is 38.1 Å². The molecule has 0 spiro atoms. The zero-order valence-electron chi connectivity index (χ0n) is 15.3. The molecule has 0 unspecified atom stereocenters. The van der Waals surface area contributed by atoms with Crippen molar-refractivity contribution in [2.24, 2.45) is 0 Å². The van der Waals surface area contributed by atoms with Crippen LogP contribution in [0.1, 0.15) is 20.8 Å². The van der Waals surface area contributed by atoms with E-state index in [0.717, 1.165) is 16.0 Å². The Labute approximate surface area is 165 Å². The fourth-order valence-corrected chi connectivity index (χ4v) is 3.43. The molecule has 5 nitrogen and oxygen atoms in total. The molecule has 1 N–H and O–H groups in total. The van der Waals surface area contributed by atoms with Crippen LogP contribution in [0.2, 0.25) is 0 Å². The molecule has 2 aromatic carbocycles. The number of hydrogen-bond acceptors (Lipinski definition) is 4. The normalized spacial score (nSPS) is 10.8. The van der Waals surface area contributed by atoms with Gasteiger partial charge in [0.1, 0.15) is 11.5 Å². The molecule has 0 saturated heterocycles. The maximum atomic E-state index is 13.3. The van der Waals surface area contributed by atoms with Gasteiger partial charge in [-0.1, -0.05) is 29.8 Å². The molecule has 4 aromatic rings. The largest absolute Gasteiger partial charge is 0.298 e. The third-order valence-electron chi connectivity index (χ3n) is 4.22. The molecule has 4 rings (SSSR count). The van der Waals surface area contributed by atoms with Crippen LogP contribution in [-0.2, 0) is 0 Å². The van der Waals surface area contributed by atoms with Crippen LogP contribution < -0.4 is 5.32 Å². The van der Waals surface area contributed by atoms with Gasteiger partial charge in [0, 0.05) is 22.8 Å². The quantitative estimate of drug-likeness (QED) is 0.531. The number of aromatic nitrogens is 3. The number of carbonyl (C=O) groups excluding carboxylic acids is 1. The Kier molecular flexibility index (Phi) is 4.75. The van der Waals surface area contributed by atoms with Gasteiger partial charge in [0.25, 0.3) is 5.91 Å². The SMILES string of the molecule is Cc1ccc(-c2nn(-c3ccc(F)cc3)cc2C(=O)Nc2ncc(C)s2)cc1. The Morgan fingerprint density at radius 3 is 2.43 bits per heavy atom. The fraction of sp³-hybridized carbons (Fsp3) is 0.0952. The maximum Gasteiger partial charge on any atom is 0.261 e. The lowest BCUT2D eigenvalue weighted by Crippen LogP contribution is -2.12. The van der Waals surface area contributed by atoms with Gasteiger partial charge < -0.3 is 0 Å². The van der Waals surface area contributed by atoms with Crippen molar-refractivity contribution in [2.75, 3.05) is 5.32 Å². The molecule has 2 aromatic heterocycles. The Morgan fingerprint density at radius 2 is 1.79 bits per heavy atom. The van der Waals surface area contributed by atoms with E-state index < -0.39 is 0 Å². The van der Waals surface area contributed by atoms with Gasteiger partial charge in [0.05, 0.1) is 11.3 Å². The van der Waals surface area contributed by atoms with Gasteiger partial charge in [-0.2, -0.15) is 5.10 Å². The molecule has 0 bridgehead atoms. The van der Waals surface area contributed by atoms with Crippen LogP contribution in [0.15, 0.2) is 60.9 Å². The van der Waals surface area contributed by atoms with E-state index in [1.165, 1.54) is 23.5 Å². The molecule has 0 saturated carbocycles. The molecule has 1 amide bonds. The van der Waals surface area contributed by atoms with Crippen molar-refractivity contribution >= 4 is 22.4 Å². The molecule has 0 aliphatic carbocycles. The number of thiazole rings is 1. The van der Waals surface area contributed by atoms with Gasteiger partial charge in [-0.05, 0) is 38.1 Å². The fourth-order valence-electron chi connectivity index (χ4n) is 2.77. The maximum absolute atomic E-state index is 13.3. The summed E-state index contributed by atoms with van der Waals surface area (Å²) < 4.78 is 14.8. The highest BCUT2D eigenvalue weighted by molar-refractivity contribution is 7.15. The highest BCUT2D eigenvalue weighted by Crippen LogP contribution is 2.26. The van der Waals surface area contributed by atoms with Crippen molar-refractivity contribution in [3.8, 4) is 16.9 Å². The zero-order chi connectivity index (χ0) is 19.7.